The lowest BCUT2D eigenvalue weighted by Crippen LogP contribution is -2.50. The predicted molar refractivity (Wildman–Crippen MR) is 105 cm³/mol. The van der Waals surface area contributed by atoms with Crippen LogP contribution in [0.1, 0.15) is 5.56 Å². The van der Waals surface area contributed by atoms with Gasteiger partial charge in [-0.25, -0.2) is 0 Å². The first-order chi connectivity index (χ1) is 13.2. The molecule has 0 radical (unpaired) electrons. The zero-order valence-corrected chi connectivity index (χ0v) is 15.5. The molecule has 1 heterocycles. The van der Waals surface area contributed by atoms with Crippen LogP contribution >= 0.6 is 12.2 Å². The van der Waals surface area contributed by atoms with Crippen molar-refractivity contribution in [3.8, 4) is 0 Å². The smallest absolute Gasteiger partial charge is 0.368 e. The van der Waals surface area contributed by atoms with Gasteiger partial charge in [-0.2, -0.15) is 13.2 Å². The Hall–Kier alpha value is -2.88. The van der Waals surface area contributed by atoms with Gasteiger partial charge < -0.3 is 15.1 Å². The molecule has 1 fully saturated rings. The zero-order chi connectivity index (χ0) is 20.3. The molecule has 10 heteroatoms. The highest BCUT2D eigenvalue weighted by atomic mass is 32.1. The van der Waals surface area contributed by atoms with Gasteiger partial charge in [-0.15, -0.1) is 0 Å². The number of anilines is 2. The number of hydrogen-bond acceptors (Lipinski definition) is 4. The number of nitro benzene ring substituents is 1. The van der Waals surface area contributed by atoms with Crippen LogP contribution in [0.2, 0.25) is 0 Å². The molecular formula is C18H17F3N4O2S. The van der Waals surface area contributed by atoms with Crippen LogP contribution in [0.3, 0.4) is 0 Å². The molecule has 1 aliphatic heterocycles. The van der Waals surface area contributed by atoms with Gasteiger partial charge in [0, 0.05) is 49.7 Å². The highest BCUT2D eigenvalue weighted by molar-refractivity contribution is 7.80. The van der Waals surface area contributed by atoms with Crippen molar-refractivity contribution in [2.24, 2.45) is 0 Å². The summed E-state index contributed by atoms with van der Waals surface area (Å²) in [5.74, 6) is 0. The Morgan fingerprint density at radius 2 is 1.71 bits per heavy atom. The maximum absolute atomic E-state index is 12.9. The Morgan fingerprint density at radius 1 is 1.07 bits per heavy atom. The highest BCUT2D eigenvalue weighted by Gasteiger charge is 2.31. The normalized spacial score (nSPS) is 14.7. The summed E-state index contributed by atoms with van der Waals surface area (Å²) in [7, 11) is 0. The fraction of sp³-hybridized carbons (Fsp3) is 0.278. The Morgan fingerprint density at radius 3 is 2.29 bits per heavy atom. The van der Waals surface area contributed by atoms with Gasteiger partial charge in [-0.1, -0.05) is 6.07 Å². The van der Waals surface area contributed by atoms with E-state index in [2.05, 4.69) is 5.32 Å². The van der Waals surface area contributed by atoms with Crippen molar-refractivity contribution in [2.45, 2.75) is 6.18 Å². The number of non-ortho nitro benzene ring substituents is 1. The van der Waals surface area contributed by atoms with E-state index in [1.165, 1.54) is 18.2 Å². The standard InChI is InChI=1S/C18H17F3N4O2S/c19-18(20,21)13-2-1-3-16(12-13)23-8-10-24(11-9-23)17(28)22-14-4-6-15(7-5-14)25(26)27/h1-7,12H,8-11H2,(H,22,28). The quantitative estimate of drug-likeness (QED) is 0.466. The largest absolute Gasteiger partial charge is 0.416 e. The molecule has 0 atom stereocenters. The molecule has 1 N–H and O–H groups in total. The summed E-state index contributed by atoms with van der Waals surface area (Å²) in [6, 6.07) is 11.2. The minimum atomic E-state index is -4.37. The average molecular weight is 410 g/mol. The van der Waals surface area contributed by atoms with Crippen LogP contribution in [-0.2, 0) is 6.18 Å². The first-order valence-electron chi connectivity index (χ1n) is 8.46. The molecule has 2 aromatic carbocycles. The van der Waals surface area contributed by atoms with Crippen LogP contribution in [0.15, 0.2) is 48.5 Å². The molecule has 1 aliphatic rings. The number of piperazine rings is 1. The third-order valence-corrected chi connectivity index (χ3v) is 4.80. The van der Waals surface area contributed by atoms with Crippen molar-refractivity contribution >= 4 is 34.4 Å². The van der Waals surface area contributed by atoms with E-state index in [1.807, 2.05) is 9.80 Å². The van der Waals surface area contributed by atoms with Crippen molar-refractivity contribution in [3.63, 3.8) is 0 Å². The minimum Gasteiger partial charge on any atom is -0.368 e. The molecule has 2 aromatic rings. The van der Waals surface area contributed by atoms with E-state index in [-0.39, 0.29) is 5.69 Å². The number of alkyl halides is 3. The molecule has 3 rings (SSSR count). The molecule has 0 aliphatic carbocycles. The second-order valence-corrected chi connectivity index (χ2v) is 6.64. The van der Waals surface area contributed by atoms with Crippen LogP contribution < -0.4 is 10.2 Å². The maximum atomic E-state index is 12.9. The molecule has 0 saturated carbocycles. The SMILES string of the molecule is O=[N+]([O-])c1ccc(NC(=S)N2CCN(c3cccc(C(F)(F)F)c3)CC2)cc1. The lowest BCUT2D eigenvalue weighted by molar-refractivity contribution is -0.384. The molecule has 1 saturated heterocycles. The monoisotopic (exact) mass is 410 g/mol. The molecule has 0 aromatic heterocycles. The molecule has 0 bridgehead atoms. The van der Waals surface area contributed by atoms with Gasteiger partial charge in [0.25, 0.3) is 5.69 Å². The Balaban J connectivity index is 1.57. The Labute approximate surface area is 164 Å². The van der Waals surface area contributed by atoms with Crippen molar-refractivity contribution in [3.05, 3.63) is 64.2 Å². The summed E-state index contributed by atoms with van der Waals surface area (Å²) in [6.45, 7) is 2.16. The molecule has 148 valence electrons. The predicted octanol–water partition coefficient (Wildman–Crippen LogP) is 4.13. The molecule has 0 unspecified atom stereocenters. The topological polar surface area (TPSA) is 61.7 Å². The molecule has 28 heavy (non-hydrogen) atoms. The van der Waals surface area contributed by atoms with E-state index < -0.39 is 16.7 Å². The maximum Gasteiger partial charge on any atom is 0.416 e. The van der Waals surface area contributed by atoms with Crippen LogP contribution in [0.25, 0.3) is 0 Å². The van der Waals surface area contributed by atoms with Crippen molar-refractivity contribution in [2.75, 3.05) is 36.4 Å². The van der Waals surface area contributed by atoms with E-state index >= 15 is 0 Å². The molecular weight excluding hydrogens is 393 g/mol. The van der Waals surface area contributed by atoms with E-state index in [4.69, 9.17) is 12.2 Å². The summed E-state index contributed by atoms with van der Waals surface area (Å²) < 4.78 is 38.7. The number of benzene rings is 2. The van der Waals surface area contributed by atoms with Crippen LogP contribution in [0, 0.1) is 10.1 Å². The number of nitrogens with one attached hydrogen (secondary N) is 1. The summed E-state index contributed by atoms with van der Waals surface area (Å²) >= 11 is 5.38. The van der Waals surface area contributed by atoms with Crippen LogP contribution in [0.4, 0.5) is 30.2 Å². The molecule has 0 spiro atoms. The fourth-order valence-electron chi connectivity index (χ4n) is 2.92. The van der Waals surface area contributed by atoms with Gasteiger partial charge in [0.1, 0.15) is 0 Å². The summed E-state index contributed by atoms with van der Waals surface area (Å²) in [4.78, 5) is 14.0. The van der Waals surface area contributed by atoms with E-state index in [1.54, 1.807) is 18.2 Å². The Kier molecular flexibility index (Phi) is 5.68. The highest BCUT2D eigenvalue weighted by Crippen LogP contribution is 2.31. The third kappa shape index (κ3) is 4.69. The summed E-state index contributed by atoms with van der Waals surface area (Å²) in [5.41, 5.74) is 0.494. The number of halogens is 3. The van der Waals surface area contributed by atoms with E-state index in [9.17, 15) is 23.3 Å². The molecule has 0 amide bonds. The number of nitro groups is 1. The van der Waals surface area contributed by atoms with Gasteiger partial charge in [0.2, 0.25) is 0 Å². The van der Waals surface area contributed by atoms with Gasteiger partial charge in [-0.3, -0.25) is 10.1 Å². The third-order valence-electron chi connectivity index (χ3n) is 4.43. The van der Waals surface area contributed by atoms with Gasteiger partial charge in [0.15, 0.2) is 5.11 Å². The lowest BCUT2D eigenvalue weighted by atomic mass is 10.1. The first-order valence-corrected chi connectivity index (χ1v) is 8.87. The first kappa shape index (κ1) is 19.9. The molecule has 6 nitrogen and oxygen atoms in total. The summed E-state index contributed by atoms with van der Waals surface area (Å²) in [6.07, 6.45) is -4.37. The van der Waals surface area contributed by atoms with Crippen LogP contribution in [-0.4, -0.2) is 41.1 Å². The zero-order valence-electron chi connectivity index (χ0n) is 14.6. The van der Waals surface area contributed by atoms with Gasteiger partial charge in [-0.05, 0) is 42.5 Å². The average Bonchev–Trinajstić information content (AvgIpc) is 2.68. The van der Waals surface area contributed by atoms with E-state index in [0.717, 1.165) is 12.1 Å². The number of hydrogen-bond donors (Lipinski definition) is 1. The van der Waals surface area contributed by atoms with Crippen molar-refractivity contribution in [1.82, 2.24) is 4.90 Å². The second-order valence-electron chi connectivity index (χ2n) is 6.26. The van der Waals surface area contributed by atoms with Gasteiger partial charge >= 0.3 is 6.18 Å². The summed E-state index contributed by atoms with van der Waals surface area (Å²) in [5, 5.41) is 14.2. The number of rotatable bonds is 3. The fourth-order valence-corrected chi connectivity index (χ4v) is 3.22. The number of nitrogens with zero attached hydrogens (tertiary/aromatic N) is 3. The van der Waals surface area contributed by atoms with Crippen molar-refractivity contribution < 1.29 is 18.1 Å². The second kappa shape index (κ2) is 8.01. The number of thiocarbonyl (C=S) groups is 1. The van der Waals surface area contributed by atoms with Crippen LogP contribution in [0.5, 0.6) is 0 Å². The van der Waals surface area contributed by atoms with E-state index in [0.29, 0.717) is 42.7 Å². The van der Waals surface area contributed by atoms with Gasteiger partial charge in [0.05, 0.1) is 10.5 Å². The Bertz CT molecular complexity index is 866. The minimum absolute atomic E-state index is 0.00818. The lowest BCUT2D eigenvalue weighted by Gasteiger charge is -2.37. The van der Waals surface area contributed by atoms with Crippen molar-refractivity contribution in [1.29, 1.82) is 0 Å².